The number of ether oxygens (including phenoxy) is 16. The van der Waals surface area contributed by atoms with Gasteiger partial charge >= 0.3 is 0 Å². The molecular formula is C106H208O16. The van der Waals surface area contributed by atoms with E-state index in [2.05, 4.69) is 76.2 Å². The summed E-state index contributed by atoms with van der Waals surface area (Å²) in [5.74, 6) is 0. The molecule has 0 aromatic carbocycles. The van der Waals surface area contributed by atoms with Gasteiger partial charge in [0.1, 0.15) is 73.2 Å². The molecule has 0 bridgehead atoms. The molecule has 16 heteroatoms. The third-order valence-electron chi connectivity index (χ3n) is 25.6. The molecule has 3 heterocycles. The third kappa shape index (κ3) is 58.3. The maximum absolute atomic E-state index is 8.13. The summed E-state index contributed by atoms with van der Waals surface area (Å²) in [4.78, 5) is 0. The molecule has 0 N–H and O–H groups in total. The molecule has 0 aliphatic carbocycles. The van der Waals surface area contributed by atoms with E-state index in [-0.39, 0.29) is 13.2 Å². The second-order valence-corrected chi connectivity index (χ2v) is 37.2. The fourth-order valence-corrected chi connectivity index (χ4v) is 17.7. The molecule has 0 saturated carbocycles. The smallest absolute Gasteiger partial charge is 0.187 e. The fourth-order valence-electron chi connectivity index (χ4n) is 17.7. The molecule has 0 aromatic rings. The van der Waals surface area contributed by atoms with Crippen LogP contribution in [0.25, 0.3) is 0 Å². The first kappa shape index (κ1) is 116. The quantitative estimate of drug-likeness (QED) is 0.0531. The minimum atomic E-state index is -0.995. The highest BCUT2D eigenvalue weighted by Crippen LogP contribution is 2.40. The molecule has 3 saturated heterocycles. The molecule has 3 aliphatic rings. The zero-order valence-electron chi connectivity index (χ0n) is 82.8. The van der Waals surface area contributed by atoms with Gasteiger partial charge in [-0.25, -0.2) is 0 Å². The zero-order valence-corrected chi connectivity index (χ0v) is 82.8. The monoisotopic (exact) mass is 1740 g/mol. The van der Waals surface area contributed by atoms with E-state index in [9.17, 15) is 0 Å². The molecule has 0 radical (unpaired) electrons. The van der Waals surface area contributed by atoms with Crippen molar-refractivity contribution in [1.82, 2.24) is 0 Å². The van der Waals surface area contributed by atoms with Crippen molar-refractivity contribution in [1.29, 1.82) is 0 Å². The Balaban J connectivity index is 2.55. The number of unbranched alkanes of at least 4 members (excludes halogenated alkanes) is 55. The van der Waals surface area contributed by atoms with E-state index in [0.29, 0.717) is 79.3 Å². The van der Waals surface area contributed by atoms with Gasteiger partial charge in [0.25, 0.3) is 0 Å². The van der Waals surface area contributed by atoms with E-state index in [1.165, 1.54) is 270 Å². The Kier molecular flexibility index (Phi) is 82.4. The third-order valence-corrected chi connectivity index (χ3v) is 25.6. The van der Waals surface area contributed by atoms with Crippen molar-refractivity contribution < 1.29 is 75.8 Å². The average Bonchev–Trinajstić information content (AvgIpc) is 0.776. The van der Waals surface area contributed by atoms with Crippen molar-refractivity contribution in [3.05, 3.63) is 0 Å². The van der Waals surface area contributed by atoms with Gasteiger partial charge in [-0.2, -0.15) is 0 Å². The van der Waals surface area contributed by atoms with Gasteiger partial charge in [0.2, 0.25) is 0 Å². The van der Waals surface area contributed by atoms with E-state index in [0.717, 1.165) is 154 Å². The van der Waals surface area contributed by atoms with Gasteiger partial charge < -0.3 is 75.8 Å². The van der Waals surface area contributed by atoms with Crippen molar-refractivity contribution in [3.8, 4) is 0 Å². The summed E-state index contributed by atoms with van der Waals surface area (Å²) in [5, 5.41) is 0. The molecule has 15 atom stereocenters. The summed E-state index contributed by atoms with van der Waals surface area (Å²) in [7, 11) is 0. The highest BCUT2D eigenvalue weighted by Gasteiger charge is 2.57. The van der Waals surface area contributed by atoms with Crippen LogP contribution >= 0.6 is 0 Å². The number of hydrogen-bond acceptors (Lipinski definition) is 16. The second-order valence-electron chi connectivity index (χ2n) is 37.2. The summed E-state index contributed by atoms with van der Waals surface area (Å²) in [5.41, 5.74) is 0. The Labute approximate surface area is 756 Å². The Morgan fingerprint density at radius 2 is 0.295 bits per heavy atom. The lowest BCUT2D eigenvalue weighted by Crippen LogP contribution is -2.68. The summed E-state index contributed by atoms with van der Waals surface area (Å²) in [6, 6.07) is 0. The first-order valence-electron chi connectivity index (χ1n) is 54.3. The lowest BCUT2D eigenvalue weighted by atomic mass is 9.95. The summed E-state index contributed by atoms with van der Waals surface area (Å²) < 4.78 is 120. The molecule has 0 amide bonds. The summed E-state index contributed by atoms with van der Waals surface area (Å²) in [6.07, 6.45) is 65.6. The highest BCUT2D eigenvalue weighted by molar-refractivity contribution is 5.00. The van der Waals surface area contributed by atoms with Crippen LogP contribution in [0.5, 0.6) is 0 Å². The van der Waals surface area contributed by atoms with Crippen molar-refractivity contribution in [2.24, 2.45) is 0 Å². The maximum Gasteiger partial charge on any atom is 0.187 e. The Morgan fingerprint density at radius 3 is 0.525 bits per heavy atom. The minimum Gasteiger partial charge on any atom is -0.379 e. The van der Waals surface area contributed by atoms with E-state index in [4.69, 9.17) is 75.8 Å². The normalized spacial score (nSPS) is 23.3. The second kappa shape index (κ2) is 87.0. The van der Waals surface area contributed by atoms with Crippen molar-refractivity contribution in [2.45, 2.75) is 592 Å². The van der Waals surface area contributed by atoms with Gasteiger partial charge in [-0.05, 0) is 70.6 Å². The van der Waals surface area contributed by atoms with E-state index in [1.54, 1.807) is 0 Å². The van der Waals surface area contributed by atoms with Gasteiger partial charge in [0, 0.05) is 72.7 Å². The average molecular weight is 1740 g/mol. The van der Waals surface area contributed by atoms with Crippen LogP contribution in [-0.4, -0.2) is 185 Å². The molecule has 0 aromatic heterocycles. The largest absolute Gasteiger partial charge is 0.379 e. The lowest BCUT2D eigenvalue weighted by Gasteiger charge is -2.52. The van der Waals surface area contributed by atoms with E-state index in [1.807, 2.05) is 0 Å². The molecular weight excluding hydrogens is 1530 g/mol. The predicted molar refractivity (Wildman–Crippen MR) is 509 cm³/mol. The molecule has 0 unspecified atom stereocenters. The summed E-state index contributed by atoms with van der Waals surface area (Å²) >= 11 is 0. The van der Waals surface area contributed by atoms with Crippen molar-refractivity contribution in [3.63, 3.8) is 0 Å². The molecule has 728 valence electrons. The molecule has 0 spiro atoms. The van der Waals surface area contributed by atoms with Crippen LogP contribution in [0.2, 0.25) is 0 Å². The molecule has 122 heavy (non-hydrogen) atoms. The van der Waals surface area contributed by atoms with Crippen LogP contribution < -0.4 is 0 Å². The standard InChI is InChI=1S/C106H208O16/c1-12-23-34-45-56-67-78-107-89-92-95(110-81-70-59-48-37-26-15-4)98(111-82-71-60-49-38-27-16-5)102(115-86-75-64-53-42-31-20-9)105(119-92)122-97-94(91-109-80-69-58-47-36-25-14-3)120-106(103(116-87-76-65-54-43-32-21-10)100(97)113-84-73-62-51-40-29-18-7)121-96-93(90-108-79-68-57-46-35-24-13-2)118-104(117-88-77-66-55-44-33-22-11)101(114-85-74-63-52-41-30-19-8)99(96)112-83-72-61-50-39-28-17-6/h92-106H,12-91H2,1-11H3/t92-,93-,94-,95-,96-,97-,98+,99+,100+,101-,102-,103-,104+,105-,106-/m1/s1. The van der Waals surface area contributed by atoms with Crippen LogP contribution in [0, 0.1) is 0 Å². The van der Waals surface area contributed by atoms with Crippen LogP contribution in [0.1, 0.15) is 500 Å². The first-order valence-corrected chi connectivity index (χ1v) is 54.3. The zero-order chi connectivity index (χ0) is 87.5. The maximum atomic E-state index is 8.13. The SMILES string of the molecule is CCCCCCCCOC[C@H]1O[C@H](O[C@H]2[C@H](OCCCCCCCC)[C@@H](OCCCCCCCC)[C@@H](O[C@H]3[C@H](OCCCCCCCC)[C@@H](OCCCCCCCC)[C@@H](OCCCCCCCC)O[C@@H]3COCCCCCCCC)O[C@@H]2COCCCCCCCC)[C@H](OCCCCCCCC)[C@@H](OCCCCCCCC)[C@@H]1OCCCCCCCC. The van der Waals surface area contributed by atoms with E-state index >= 15 is 0 Å². The Hall–Kier alpha value is -0.640. The van der Waals surface area contributed by atoms with Crippen LogP contribution in [0.15, 0.2) is 0 Å². The van der Waals surface area contributed by atoms with Gasteiger partial charge in [-0.15, -0.1) is 0 Å². The topological polar surface area (TPSA) is 148 Å². The molecule has 16 nitrogen and oxygen atoms in total. The van der Waals surface area contributed by atoms with Crippen molar-refractivity contribution >= 4 is 0 Å². The number of rotatable bonds is 95. The molecule has 3 rings (SSSR count). The van der Waals surface area contributed by atoms with Gasteiger partial charge in [0.05, 0.1) is 19.8 Å². The van der Waals surface area contributed by atoms with Gasteiger partial charge in [-0.3, -0.25) is 0 Å². The Bertz CT molecular complexity index is 2080. The lowest BCUT2D eigenvalue weighted by molar-refractivity contribution is -0.392. The van der Waals surface area contributed by atoms with Gasteiger partial charge in [0.15, 0.2) is 18.9 Å². The molecule has 3 fully saturated rings. The highest BCUT2D eigenvalue weighted by atomic mass is 16.8. The van der Waals surface area contributed by atoms with Gasteiger partial charge in [-0.1, -0.05) is 429 Å². The minimum absolute atomic E-state index is 0.228. The first-order chi connectivity index (χ1) is 60.4. The van der Waals surface area contributed by atoms with Crippen molar-refractivity contribution in [2.75, 3.05) is 92.5 Å². The van der Waals surface area contributed by atoms with Crippen LogP contribution in [0.3, 0.4) is 0 Å². The fraction of sp³-hybridized carbons (Fsp3) is 1.00. The summed E-state index contributed by atoms with van der Waals surface area (Å²) in [6.45, 7) is 32.3. The number of hydrogen-bond donors (Lipinski definition) is 0. The predicted octanol–water partition coefficient (Wildman–Crippen LogP) is 29.7. The van der Waals surface area contributed by atoms with Crippen LogP contribution in [-0.2, 0) is 75.8 Å². The van der Waals surface area contributed by atoms with Crippen LogP contribution in [0.4, 0.5) is 0 Å². The van der Waals surface area contributed by atoms with E-state index < -0.39 is 92.1 Å². The Morgan fingerprint density at radius 1 is 0.139 bits per heavy atom. The molecule has 3 aliphatic heterocycles.